The quantitative estimate of drug-likeness (QED) is 0.708. The molecule has 1 heterocycles. The van der Waals surface area contributed by atoms with Crippen LogP contribution in [0.4, 0.5) is 0 Å². The summed E-state index contributed by atoms with van der Waals surface area (Å²) in [6.45, 7) is 10.1. The van der Waals surface area contributed by atoms with E-state index in [4.69, 9.17) is 0 Å². The number of carbonyl (C=O) groups excluding carboxylic acids is 2. The van der Waals surface area contributed by atoms with Gasteiger partial charge in [-0.05, 0) is 49.4 Å². The van der Waals surface area contributed by atoms with Crippen LogP contribution in [-0.2, 0) is 4.79 Å². The van der Waals surface area contributed by atoms with E-state index in [2.05, 4.69) is 45.3 Å². The van der Waals surface area contributed by atoms with E-state index in [9.17, 15) is 9.59 Å². The fraction of sp³-hybridized carbons (Fsp3) is 0.600. The average Bonchev–Trinajstić information content (AvgIpc) is 2.54. The fourth-order valence-corrected chi connectivity index (χ4v) is 3.98. The van der Waals surface area contributed by atoms with Gasteiger partial charge in [0.2, 0.25) is 5.91 Å². The molecule has 1 aliphatic rings. The van der Waals surface area contributed by atoms with Gasteiger partial charge in [0.15, 0.2) is 0 Å². The number of hydrogen-bond acceptors (Lipinski definition) is 3. The van der Waals surface area contributed by atoms with E-state index in [-0.39, 0.29) is 17.9 Å². The lowest BCUT2D eigenvalue weighted by Crippen LogP contribution is -2.47. The number of hydrogen-bond donors (Lipinski definition) is 2. The smallest absolute Gasteiger partial charge is 0.251 e. The number of likely N-dealkylation sites (tertiary alicyclic amines) is 1. The van der Waals surface area contributed by atoms with E-state index < -0.39 is 0 Å². The Morgan fingerprint density at radius 2 is 1.81 bits per heavy atom. The molecule has 0 aliphatic carbocycles. The largest absolute Gasteiger partial charge is 0.352 e. The third-order valence-electron chi connectivity index (χ3n) is 4.63. The van der Waals surface area contributed by atoms with Crippen molar-refractivity contribution in [1.82, 2.24) is 15.5 Å². The molecule has 0 saturated carbocycles. The maximum atomic E-state index is 12.1. The molecule has 1 aromatic rings. The predicted molar refractivity (Wildman–Crippen MR) is 108 cm³/mol. The lowest BCUT2D eigenvalue weighted by molar-refractivity contribution is -0.121. The zero-order valence-electron chi connectivity index (χ0n) is 15.9. The highest BCUT2D eigenvalue weighted by atomic mass is 79.9. The molecule has 3 unspecified atom stereocenters. The molecule has 2 amide bonds. The van der Waals surface area contributed by atoms with Gasteiger partial charge in [0.25, 0.3) is 5.91 Å². The standard InChI is InChI=1S/C20H30BrN3O2/c1-14-10-15(2)12-24(11-14)13-16(3)23-19(25)8-9-22-20(26)17-4-6-18(21)7-5-17/h4-7,14-16H,8-13H2,1-3H3,(H,22,26)(H,23,25). The summed E-state index contributed by atoms with van der Waals surface area (Å²) >= 11 is 3.34. The Kier molecular flexibility index (Phi) is 8.10. The third-order valence-corrected chi connectivity index (χ3v) is 5.16. The second kappa shape index (κ2) is 10.1. The van der Waals surface area contributed by atoms with Crippen LogP contribution in [0.5, 0.6) is 0 Å². The molecule has 2 rings (SSSR count). The van der Waals surface area contributed by atoms with E-state index in [1.165, 1.54) is 6.42 Å². The number of piperidine rings is 1. The van der Waals surface area contributed by atoms with Gasteiger partial charge in [0, 0.05) is 48.7 Å². The van der Waals surface area contributed by atoms with Crippen molar-refractivity contribution < 1.29 is 9.59 Å². The SMILES string of the molecule is CC1CC(C)CN(CC(C)NC(=O)CCNC(=O)c2ccc(Br)cc2)C1. The van der Waals surface area contributed by atoms with Gasteiger partial charge in [-0.15, -0.1) is 0 Å². The highest BCUT2D eigenvalue weighted by Crippen LogP contribution is 2.20. The van der Waals surface area contributed by atoms with E-state index in [1.807, 2.05) is 19.1 Å². The van der Waals surface area contributed by atoms with E-state index in [0.717, 1.165) is 35.9 Å². The molecule has 0 spiro atoms. The van der Waals surface area contributed by atoms with Crippen LogP contribution < -0.4 is 10.6 Å². The van der Waals surface area contributed by atoms with Gasteiger partial charge >= 0.3 is 0 Å². The minimum absolute atomic E-state index is 0.0216. The highest BCUT2D eigenvalue weighted by molar-refractivity contribution is 9.10. The zero-order chi connectivity index (χ0) is 19.1. The number of amides is 2. The van der Waals surface area contributed by atoms with Gasteiger partial charge < -0.3 is 15.5 Å². The molecule has 1 saturated heterocycles. The Balaban J connectivity index is 1.66. The summed E-state index contributed by atoms with van der Waals surface area (Å²) in [5.41, 5.74) is 0.593. The van der Waals surface area contributed by atoms with Crippen molar-refractivity contribution in [1.29, 1.82) is 0 Å². The number of rotatable bonds is 7. The normalized spacial score (nSPS) is 21.8. The van der Waals surface area contributed by atoms with Gasteiger partial charge in [0.05, 0.1) is 0 Å². The van der Waals surface area contributed by atoms with Gasteiger partial charge in [-0.3, -0.25) is 9.59 Å². The molecule has 0 radical (unpaired) electrons. The topological polar surface area (TPSA) is 61.4 Å². The summed E-state index contributed by atoms with van der Waals surface area (Å²) in [5, 5.41) is 5.83. The predicted octanol–water partition coefficient (Wildman–Crippen LogP) is 3.05. The molecule has 0 aromatic heterocycles. The van der Waals surface area contributed by atoms with Crippen LogP contribution in [0.25, 0.3) is 0 Å². The molecule has 144 valence electrons. The van der Waals surface area contributed by atoms with Crippen molar-refractivity contribution in [3.63, 3.8) is 0 Å². The summed E-state index contributed by atoms with van der Waals surface area (Å²) in [6.07, 6.45) is 1.58. The summed E-state index contributed by atoms with van der Waals surface area (Å²) in [4.78, 5) is 26.6. The second-order valence-corrected chi connectivity index (χ2v) is 8.56. The summed E-state index contributed by atoms with van der Waals surface area (Å²) in [5.74, 6) is 1.26. The summed E-state index contributed by atoms with van der Waals surface area (Å²) < 4.78 is 0.930. The highest BCUT2D eigenvalue weighted by Gasteiger charge is 2.23. The lowest BCUT2D eigenvalue weighted by Gasteiger charge is -2.36. The molecule has 0 bridgehead atoms. The molecule has 6 heteroatoms. The van der Waals surface area contributed by atoms with Crippen LogP contribution in [0.2, 0.25) is 0 Å². The second-order valence-electron chi connectivity index (χ2n) is 7.65. The van der Waals surface area contributed by atoms with E-state index in [1.54, 1.807) is 12.1 Å². The summed E-state index contributed by atoms with van der Waals surface area (Å²) in [6, 6.07) is 7.27. The summed E-state index contributed by atoms with van der Waals surface area (Å²) in [7, 11) is 0. The van der Waals surface area contributed by atoms with Crippen molar-refractivity contribution in [2.45, 2.75) is 39.7 Å². The third kappa shape index (κ3) is 7.08. The molecular weight excluding hydrogens is 394 g/mol. The maximum absolute atomic E-state index is 12.1. The van der Waals surface area contributed by atoms with Gasteiger partial charge in [-0.2, -0.15) is 0 Å². The Morgan fingerprint density at radius 1 is 1.19 bits per heavy atom. The van der Waals surface area contributed by atoms with Crippen molar-refractivity contribution in [2.75, 3.05) is 26.2 Å². The van der Waals surface area contributed by atoms with Gasteiger partial charge in [-0.1, -0.05) is 29.8 Å². The molecule has 1 aliphatic heterocycles. The Hall–Kier alpha value is -1.40. The number of halogens is 1. The van der Waals surface area contributed by atoms with Crippen molar-refractivity contribution in [2.24, 2.45) is 11.8 Å². The number of nitrogens with one attached hydrogen (secondary N) is 2. The first kappa shape index (κ1) is 20.9. The average molecular weight is 424 g/mol. The van der Waals surface area contributed by atoms with Crippen LogP contribution in [0.1, 0.15) is 44.0 Å². The van der Waals surface area contributed by atoms with E-state index >= 15 is 0 Å². The molecule has 1 fully saturated rings. The lowest BCUT2D eigenvalue weighted by atomic mass is 9.92. The minimum Gasteiger partial charge on any atom is -0.352 e. The van der Waals surface area contributed by atoms with Crippen LogP contribution in [-0.4, -0.2) is 48.9 Å². The molecule has 5 nitrogen and oxygen atoms in total. The first-order valence-electron chi connectivity index (χ1n) is 9.39. The Labute approximate surface area is 165 Å². The van der Waals surface area contributed by atoms with Crippen LogP contribution in [0, 0.1) is 11.8 Å². The van der Waals surface area contributed by atoms with Crippen LogP contribution >= 0.6 is 15.9 Å². The molecule has 3 atom stereocenters. The molecular formula is C20H30BrN3O2. The van der Waals surface area contributed by atoms with Gasteiger partial charge in [0.1, 0.15) is 0 Å². The number of carbonyl (C=O) groups is 2. The zero-order valence-corrected chi connectivity index (χ0v) is 17.5. The minimum atomic E-state index is -0.158. The van der Waals surface area contributed by atoms with Gasteiger partial charge in [-0.25, -0.2) is 0 Å². The van der Waals surface area contributed by atoms with Crippen molar-refractivity contribution in [3.05, 3.63) is 34.3 Å². The van der Waals surface area contributed by atoms with Crippen molar-refractivity contribution >= 4 is 27.7 Å². The van der Waals surface area contributed by atoms with E-state index in [0.29, 0.717) is 18.5 Å². The molecule has 26 heavy (non-hydrogen) atoms. The Bertz CT molecular complexity index is 596. The number of nitrogens with zero attached hydrogens (tertiary/aromatic N) is 1. The first-order chi connectivity index (χ1) is 12.3. The Morgan fingerprint density at radius 3 is 2.42 bits per heavy atom. The monoisotopic (exact) mass is 423 g/mol. The fourth-order valence-electron chi connectivity index (χ4n) is 3.71. The molecule has 1 aromatic carbocycles. The van der Waals surface area contributed by atoms with Crippen LogP contribution in [0.15, 0.2) is 28.7 Å². The maximum Gasteiger partial charge on any atom is 0.251 e. The first-order valence-corrected chi connectivity index (χ1v) is 10.2. The molecule has 2 N–H and O–H groups in total. The number of benzene rings is 1. The van der Waals surface area contributed by atoms with Crippen molar-refractivity contribution in [3.8, 4) is 0 Å². The van der Waals surface area contributed by atoms with Crippen LogP contribution in [0.3, 0.4) is 0 Å².